The molecule has 0 fully saturated rings. The number of nitrogens with zero attached hydrogens (tertiary/aromatic N) is 2. The summed E-state index contributed by atoms with van der Waals surface area (Å²) >= 11 is 1.60. The van der Waals surface area contributed by atoms with E-state index in [2.05, 4.69) is 26.7 Å². The molecular weight excluding hydrogens is 472 g/mol. The molecule has 0 radical (unpaired) electrons. The molecular formula is C28H26N4O3S. The second-order valence-corrected chi connectivity index (χ2v) is 9.80. The molecule has 2 heterocycles. The topological polar surface area (TPSA) is 93.2 Å². The van der Waals surface area contributed by atoms with E-state index in [1.807, 2.05) is 48.7 Å². The lowest BCUT2D eigenvalue weighted by Gasteiger charge is -2.26. The first-order valence-electron chi connectivity index (χ1n) is 11.8. The Kier molecular flexibility index (Phi) is 6.77. The molecule has 1 unspecified atom stereocenters. The smallest absolute Gasteiger partial charge is 0.269 e. The van der Waals surface area contributed by atoms with Gasteiger partial charge in [-0.25, -0.2) is 4.98 Å². The Morgan fingerprint density at radius 1 is 1.03 bits per heavy atom. The van der Waals surface area contributed by atoms with Gasteiger partial charge in [-0.1, -0.05) is 18.2 Å². The van der Waals surface area contributed by atoms with Gasteiger partial charge in [-0.2, -0.15) is 0 Å². The average Bonchev–Trinajstić information content (AvgIpc) is 3.34. The van der Waals surface area contributed by atoms with E-state index in [1.54, 1.807) is 36.7 Å². The Labute approximate surface area is 213 Å². The van der Waals surface area contributed by atoms with E-state index in [1.165, 1.54) is 5.56 Å². The van der Waals surface area contributed by atoms with Crippen LogP contribution in [0.15, 0.2) is 66.2 Å². The van der Waals surface area contributed by atoms with Crippen LogP contribution in [-0.2, 0) is 12.8 Å². The third kappa shape index (κ3) is 5.28. The highest BCUT2D eigenvalue weighted by Crippen LogP contribution is 2.29. The van der Waals surface area contributed by atoms with Crippen molar-refractivity contribution in [2.75, 3.05) is 7.05 Å². The second-order valence-electron chi connectivity index (χ2n) is 8.73. The van der Waals surface area contributed by atoms with Crippen molar-refractivity contribution >= 4 is 23.2 Å². The number of thiazole rings is 1. The number of carbonyl (C=O) groups excluding carboxylic acids is 2. The zero-order valence-electron chi connectivity index (χ0n) is 20.1. The normalized spacial score (nSPS) is 14.6. The van der Waals surface area contributed by atoms with Crippen LogP contribution < -0.4 is 15.4 Å². The number of fused-ring (bicyclic) bond motifs is 1. The molecule has 2 N–H and O–H groups in total. The second kappa shape index (κ2) is 10.3. The van der Waals surface area contributed by atoms with Crippen molar-refractivity contribution in [2.45, 2.75) is 32.2 Å². The summed E-state index contributed by atoms with van der Waals surface area (Å²) in [5.41, 5.74) is 5.17. The van der Waals surface area contributed by atoms with Crippen LogP contribution in [0.2, 0.25) is 0 Å². The van der Waals surface area contributed by atoms with Gasteiger partial charge in [0.2, 0.25) is 0 Å². The lowest BCUT2D eigenvalue weighted by molar-refractivity contribution is 0.0931. The maximum absolute atomic E-state index is 13.0. The van der Waals surface area contributed by atoms with Crippen LogP contribution in [0.25, 0.3) is 11.3 Å². The first-order chi connectivity index (χ1) is 17.5. The molecule has 8 heteroatoms. The maximum Gasteiger partial charge on any atom is 0.269 e. The molecule has 1 aliphatic rings. The molecule has 4 aromatic rings. The molecule has 182 valence electrons. The van der Waals surface area contributed by atoms with Gasteiger partial charge in [0.25, 0.3) is 11.8 Å². The van der Waals surface area contributed by atoms with E-state index >= 15 is 0 Å². The molecule has 0 spiro atoms. The molecule has 1 atom stereocenters. The molecule has 2 aromatic heterocycles. The van der Waals surface area contributed by atoms with Gasteiger partial charge in [0, 0.05) is 41.9 Å². The lowest BCUT2D eigenvalue weighted by Crippen LogP contribution is -2.38. The van der Waals surface area contributed by atoms with Gasteiger partial charge in [-0.15, -0.1) is 11.3 Å². The SMILES string of the molecule is CNC(=O)c1cc(Oc2ccc3c(c2)CC(NC(=O)c2cccc(-c4csc(C)n4)c2)CC3)ccn1. The maximum atomic E-state index is 13.0. The molecule has 2 aromatic carbocycles. The van der Waals surface area contributed by atoms with Gasteiger partial charge < -0.3 is 15.4 Å². The number of pyridine rings is 1. The van der Waals surface area contributed by atoms with E-state index < -0.39 is 0 Å². The number of aromatic nitrogens is 2. The fourth-order valence-corrected chi connectivity index (χ4v) is 4.99. The fraction of sp³-hybridized carbons (Fsp3) is 0.214. The number of rotatable bonds is 6. The third-order valence-electron chi connectivity index (χ3n) is 6.21. The summed E-state index contributed by atoms with van der Waals surface area (Å²) in [4.78, 5) is 33.5. The van der Waals surface area contributed by atoms with E-state index in [0.29, 0.717) is 22.8 Å². The van der Waals surface area contributed by atoms with Gasteiger partial charge in [0.15, 0.2) is 0 Å². The van der Waals surface area contributed by atoms with E-state index in [-0.39, 0.29) is 17.9 Å². The van der Waals surface area contributed by atoms with Crippen LogP contribution in [0, 0.1) is 6.92 Å². The minimum Gasteiger partial charge on any atom is -0.457 e. The van der Waals surface area contributed by atoms with Crippen molar-refractivity contribution in [3.8, 4) is 22.8 Å². The molecule has 0 bridgehead atoms. The summed E-state index contributed by atoms with van der Waals surface area (Å²) in [6.07, 6.45) is 4.04. The van der Waals surface area contributed by atoms with Crippen molar-refractivity contribution in [2.24, 2.45) is 0 Å². The summed E-state index contributed by atoms with van der Waals surface area (Å²) in [5, 5.41) is 8.78. The van der Waals surface area contributed by atoms with Gasteiger partial charge in [-0.05, 0) is 67.6 Å². The zero-order valence-corrected chi connectivity index (χ0v) is 20.9. The third-order valence-corrected chi connectivity index (χ3v) is 6.98. The number of aryl methyl sites for hydroxylation is 2. The Hall–Kier alpha value is -4.04. The van der Waals surface area contributed by atoms with Gasteiger partial charge in [0.1, 0.15) is 17.2 Å². The van der Waals surface area contributed by atoms with Crippen molar-refractivity contribution in [1.82, 2.24) is 20.6 Å². The predicted molar refractivity (Wildman–Crippen MR) is 140 cm³/mol. The molecule has 1 aliphatic carbocycles. The zero-order chi connectivity index (χ0) is 25.1. The Balaban J connectivity index is 1.27. The lowest BCUT2D eigenvalue weighted by atomic mass is 9.88. The van der Waals surface area contributed by atoms with E-state index in [9.17, 15) is 9.59 Å². The number of hydrogen-bond donors (Lipinski definition) is 2. The monoisotopic (exact) mass is 498 g/mol. The summed E-state index contributed by atoms with van der Waals surface area (Å²) in [7, 11) is 1.56. The van der Waals surface area contributed by atoms with Crippen LogP contribution in [0.1, 0.15) is 43.4 Å². The van der Waals surface area contributed by atoms with Gasteiger partial charge in [-0.3, -0.25) is 14.6 Å². The number of benzene rings is 2. The van der Waals surface area contributed by atoms with Crippen LogP contribution >= 0.6 is 11.3 Å². The number of ether oxygens (including phenoxy) is 1. The van der Waals surface area contributed by atoms with Crippen molar-refractivity contribution < 1.29 is 14.3 Å². The first-order valence-corrected chi connectivity index (χ1v) is 12.7. The highest BCUT2D eigenvalue weighted by Gasteiger charge is 2.22. The Morgan fingerprint density at radius 2 is 1.89 bits per heavy atom. The summed E-state index contributed by atoms with van der Waals surface area (Å²) in [6.45, 7) is 1.97. The highest BCUT2D eigenvalue weighted by molar-refractivity contribution is 7.09. The molecule has 5 rings (SSSR count). The van der Waals surface area contributed by atoms with Gasteiger partial charge >= 0.3 is 0 Å². The van der Waals surface area contributed by atoms with Crippen molar-refractivity contribution in [3.63, 3.8) is 0 Å². The van der Waals surface area contributed by atoms with E-state index in [0.717, 1.165) is 41.1 Å². The first kappa shape index (κ1) is 23.7. The number of nitrogens with one attached hydrogen (secondary N) is 2. The minimum atomic E-state index is -0.267. The molecule has 2 amide bonds. The molecule has 0 saturated carbocycles. The quantitative estimate of drug-likeness (QED) is 0.392. The predicted octanol–water partition coefficient (Wildman–Crippen LogP) is 4.95. The van der Waals surface area contributed by atoms with Crippen LogP contribution in [0.5, 0.6) is 11.5 Å². The molecule has 36 heavy (non-hydrogen) atoms. The van der Waals surface area contributed by atoms with E-state index in [4.69, 9.17) is 4.74 Å². The largest absolute Gasteiger partial charge is 0.457 e. The highest BCUT2D eigenvalue weighted by atomic mass is 32.1. The summed E-state index contributed by atoms with van der Waals surface area (Å²) < 4.78 is 6.01. The number of carbonyl (C=O) groups is 2. The van der Waals surface area contributed by atoms with Crippen molar-refractivity contribution in [3.05, 3.63) is 93.6 Å². The Morgan fingerprint density at radius 3 is 2.69 bits per heavy atom. The minimum absolute atomic E-state index is 0.0335. The Bertz CT molecular complexity index is 1430. The summed E-state index contributed by atoms with van der Waals surface area (Å²) in [5.74, 6) is 0.875. The average molecular weight is 499 g/mol. The molecule has 7 nitrogen and oxygen atoms in total. The van der Waals surface area contributed by atoms with Crippen molar-refractivity contribution in [1.29, 1.82) is 0 Å². The standard InChI is InChI=1S/C28H26N4O3S/c1-17-31-26(16-36-17)19-4-3-5-20(12-19)27(33)32-22-8-6-18-7-9-23(14-21(18)13-22)35-24-10-11-30-25(15-24)28(34)29-2/h3-5,7,9-12,14-16,22H,6,8,13H2,1-2H3,(H,29,34)(H,32,33). The number of amides is 2. The van der Waals surface area contributed by atoms with Gasteiger partial charge in [0.05, 0.1) is 10.7 Å². The van der Waals surface area contributed by atoms with Crippen LogP contribution in [-0.4, -0.2) is 34.9 Å². The summed E-state index contributed by atoms with van der Waals surface area (Å²) in [6, 6.07) is 17.0. The van der Waals surface area contributed by atoms with Crippen LogP contribution in [0.3, 0.4) is 0 Å². The fourth-order valence-electron chi connectivity index (χ4n) is 4.37. The van der Waals surface area contributed by atoms with Crippen LogP contribution in [0.4, 0.5) is 0 Å². The molecule has 0 saturated heterocycles. The number of hydrogen-bond acceptors (Lipinski definition) is 6. The molecule has 0 aliphatic heterocycles.